The Morgan fingerprint density at radius 2 is 1.59 bits per heavy atom. The van der Waals surface area contributed by atoms with Crippen LogP contribution in [0.2, 0.25) is 0 Å². The van der Waals surface area contributed by atoms with Gasteiger partial charge in [-0.25, -0.2) is 4.39 Å². The minimum Gasteiger partial charge on any atom is -0.388 e. The Balaban J connectivity index is 1.25. The summed E-state index contributed by atoms with van der Waals surface area (Å²) >= 11 is 0. The molecule has 4 atom stereocenters. The molecule has 2 heterocycles. The third-order valence-electron chi connectivity index (χ3n) is 6.44. The highest BCUT2D eigenvalue weighted by atomic mass is 19.1. The molecule has 2 aromatic rings. The van der Waals surface area contributed by atoms with E-state index in [4.69, 9.17) is 4.74 Å². The second-order valence-electron chi connectivity index (χ2n) is 8.82. The van der Waals surface area contributed by atoms with E-state index in [-0.39, 0.29) is 30.6 Å². The smallest absolute Gasteiger partial charge is 0.251 e. The van der Waals surface area contributed by atoms with Gasteiger partial charge in [-0.2, -0.15) is 0 Å². The van der Waals surface area contributed by atoms with Crippen LogP contribution in [0.5, 0.6) is 0 Å². The molecule has 8 nitrogen and oxygen atoms in total. The van der Waals surface area contributed by atoms with Crippen LogP contribution >= 0.6 is 0 Å². The largest absolute Gasteiger partial charge is 0.388 e. The van der Waals surface area contributed by atoms with E-state index in [9.17, 15) is 24.2 Å². The Labute approximate surface area is 197 Å². The van der Waals surface area contributed by atoms with Crippen molar-refractivity contribution in [2.75, 3.05) is 37.6 Å². The fourth-order valence-corrected chi connectivity index (χ4v) is 4.33. The number of hydrogen-bond acceptors (Lipinski definition) is 6. The quantitative estimate of drug-likeness (QED) is 0.583. The Bertz CT molecular complexity index is 993. The minimum atomic E-state index is -1.22. The van der Waals surface area contributed by atoms with Crippen LogP contribution in [-0.2, 0) is 9.53 Å². The molecule has 2 saturated heterocycles. The van der Waals surface area contributed by atoms with Gasteiger partial charge in [0.25, 0.3) is 5.91 Å². The van der Waals surface area contributed by atoms with E-state index in [1.165, 1.54) is 12.1 Å². The fourth-order valence-electron chi connectivity index (χ4n) is 4.33. The van der Waals surface area contributed by atoms with E-state index in [0.717, 1.165) is 11.3 Å². The molecule has 2 aliphatic heterocycles. The van der Waals surface area contributed by atoms with Crippen molar-refractivity contribution in [1.82, 2.24) is 10.2 Å². The molecule has 2 fully saturated rings. The maximum Gasteiger partial charge on any atom is 0.251 e. The van der Waals surface area contributed by atoms with Crippen LogP contribution in [0, 0.1) is 12.7 Å². The van der Waals surface area contributed by atoms with Gasteiger partial charge in [-0.1, -0.05) is 17.7 Å². The third kappa shape index (κ3) is 5.55. The van der Waals surface area contributed by atoms with Crippen molar-refractivity contribution in [2.45, 2.75) is 37.8 Å². The third-order valence-corrected chi connectivity index (χ3v) is 6.44. The van der Waals surface area contributed by atoms with Gasteiger partial charge < -0.3 is 30.1 Å². The minimum absolute atomic E-state index is 0.0198. The van der Waals surface area contributed by atoms with Gasteiger partial charge in [0.2, 0.25) is 5.91 Å². The van der Waals surface area contributed by atoms with Gasteiger partial charge in [0.15, 0.2) is 0 Å². The summed E-state index contributed by atoms with van der Waals surface area (Å²) in [7, 11) is 0. The number of piperazine rings is 1. The Morgan fingerprint density at radius 1 is 0.971 bits per heavy atom. The molecule has 9 heteroatoms. The van der Waals surface area contributed by atoms with Crippen molar-refractivity contribution < 1.29 is 28.9 Å². The van der Waals surface area contributed by atoms with E-state index in [1.807, 2.05) is 19.1 Å². The van der Waals surface area contributed by atoms with E-state index >= 15 is 0 Å². The molecular weight excluding hydrogens is 441 g/mol. The van der Waals surface area contributed by atoms with E-state index in [1.54, 1.807) is 29.2 Å². The molecule has 2 amide bonds. The van der Waals surface area contributed by atoms with Gasteiger partial charge in [-0.05, 0) is 43.3 Å². The molecule has 0 unspecified atom stereocenters. The predicted octanol–water partition coefficient (Wildman–Crippen LogP) is 1.09. The number of carbonyl (C=O) groups is 2. The number of rotatable bonds is 6. The summed E-state index contributed by atoms with van der Waals surface area (Å²) in [6.07, 6.45) is -4.13. The number of anilines is 1. The van der Waals surface area contributed by atoms with Gasteiger partial charge in [0.05, 0.1) is 12.5 Å². The number of aliphatic hydroxyl groups excluding tert-OH is 2. The number of carbonyl (C=O) groups excluding carboxylic acids is 2. The lowest BCUT2D eigenvalue weighted by molar-refractivity contribution is -0.135. The number of benzene rings is 2. The molecule has 0 aliphatic carbocycles. The van der Waals surface area contributed by atoms with Gasteiger partial charge in [0, 0.05) is 44.0 Å². The van der Waals surface area contributed by atoms with Crippen LogP contribution in [-0.4, -0.2) is 84.1 Å². The van der Waals surface area contributed by atoms with Crippen LogP contribution in [0.25, 0.3) is 0 Å². The van der Waals surface area contributed by atoms with E-state index in [0.29, 0.717) is 31.7 Å². The summed E-state index contributed by atoms with van der Waals surface area (Å²) in [4.78, 5) is 28.9. The second-order valence-corrected chi connectivity index (χ2v) is 8.82. The summed E-state index contributed by atoms with van der Waals surface area (Å²) in [5.41, 5.74) is 2.44. The predicted molar refractivity (Wildman–Crippen MR) is 124 cm³/mol. The lowest BCUT2D eigenvalue weighted by atomic mass is 10.0. The molecule has 0 bridgehead atoms. The summed E-state index contributed by atoms with van der Waals surface area (Å²) in [5.74, 6) is -0.758. The number of halogens is 1. The maximum atomic E-state index is 13.1. The molecule has 0 spiro atoms. The Hall–Kier alpha value is -3.01. The van der Waals surface area contributed by atoms with Gasteiger partial charge in [-0.3, -0.25) is 9.59 Å². The highest BCUT2D eigenvalue weighted by molar-refractivity contribution is 5.94. The highest BCUT2D eigenvalue weighted by Gasteiger charge is 2.44. The zero-order valence-corrected chi connectivity index (χ0v) is 19.1. The number of nitrogens with one attached hydrogen (secondary N) is 1. The van der Waals surface area contributed by atoms with Crippen molar-refractivity contribution in [2.24, 2.45) is 0 Å². The van der Waals surface area contributed by atoms with Crippen molar-refractivity contribution in [1.29, 1.82) is 0 Å². The number of aryl methyl sites for hydroxylation is 1. The number of aliphatic hydroxyl groups is 2. The van der Waals surface area contributed by atoms with E-state index in [2.05, 4.69) is 10.2 Å². The number of ether oxygens (including phenoxy) is 1. The summed E-state index contributed by atoms with van der Waals surface area (Å²) in [6.45, 7) is 4.17. The van der Waals surface area contributed by atoms with Gasteiger partial charge in [0.1, 0.15) is 24.1 Å². The monoisotopic (exact) mass is 471 g/mol. The summed E-state index contributed by atoms with van der Waals surface area (Å²) in [6, 6.07) is 13.4. The molecule has 3 N–H and O–H groups in total. The zero-order valence-electron chi connectivity index (χ0n) is 19.1. The summed E-state index contributed by atoms with van der Waals surface area (Å²) in [5, 5.41) is 23.5. The number of amides is 2. The second kappa shape index (κ2) is 10.5. The van der Waals surface area contributed by atoms with Gasteiger partial charge in [-0.15, -0.1) is 0 Å². The van der Waals surface area contributed by atoms with Crippen LogP contribution in [0.15, 0.2) is 48.5 Å². The molecule has 4 rings (SSSR count). The molecule has 0 radical (unpaired) electrons. The molecule has 182 valence electrons. The maximum absolute atomic E-state index is 13.1. The van der Waals surface area contributed by atoms with Crippen LogP contribution < -0.4 is 10.2 Å². The Kier molecular flexibility index (Phi) is 7.45. The first-order chi connectivity index (χ1) is 16.3. The summed E-state index contributed by atoms with van der Waals surface area (Å²) < 4.78 is 18.9. The number of nitrogens with zero attached hydrogens (tertiary/aromatic N) is 2. The Morgan fingerprint density at radius 3 is 2.24 bits per heavy atom. The molecule has 0 saturated carbocycles. The highest BCUT2D eigenvalue weighted by Crippen LogP contribution is 2.25. The van der Waals surface area contributed by atoms with E-state index < -0.39 is 24.4 Å². The van der Waals surface area contributed by atoms with Crippen molar-refractivity contribution >= 4 is 17.5 Å². The first kappa shape index (κ1) is 24.1. The lowest BCUT2D eigenvalue weighted by Crippen LogP contribution is -2.49. The molecule has 2 aliphatic rings. The molecule has 2 aromatic carbocycles. The number of hydrogen-bond donors (Lipinski definition) is 3. The topological polar surface area (TPSA) is 102 Å². The van der Waals surface area contributed by atoms with Crippen LogP contribution in [0.4, 0.5) is 10.1 Å². The van der Waals surface area contributed by atoms with Crippen molar-refractivity contribution in [3.05, 3.63) is 65.5 Å². The van der Waals surface area contributed by atoms with Crippen molar-refractivity contribution in [3.8, 4) is 0 Å². The van der Waals surface area contributed by atoms with Crippen LogP contribution in [0.1, 0.15) is 22.3 Å². The molecule has 0 aromatic heterocycles. The first-order valence-electron chi connectivity index (χ1n) is 11.5. The van der Waals surface area contributed by atoms with Gasteiger partial charge >= 0.3 is 0 Å². The standard InChI is InChI=1S/C25H30FN3O5/c1-16-2-4-17(5-3-16)25(33)27-15-21-24(32)23(31)20(34-21)14-22(30)29-12-10-28(11-13-29)19-8-6-18(26)7-9-19/h2-9,20-21,23-24,31-32H,10-15H2,1H3,(H,27,33)/t20-,21+,23-,24+/m0/s1. The SMILES string of the molecule is Cc1ccc(C(=O)NC[C@H]2O[C@@H](CC(=O)N3CCN(c4ccc(F)cc4)CC3)[C@H](O)[C@@H]2O)cc1. The van der Waals surface area contributed by atoms with Crippen LogP contribution in [0.3, 0.4) is 0 Å². The average molecular weight is 472 g/mol. The average Bonchev–Trinajstić information content (AvgIpc) is 3.11. The fraction of sp³-hybridized carbons (Fsp3) is 0.440. The molecular formula is C25H30FN3O5. The molecule has 34 heavy (non-hydrogen) atoms. The first-order valence-corrected chi connectivity index (χ1v) is 11.5. The van der Waals surface area contributed by atoms with Crippen molar-refractivity contribution in [3.63, 3.8) is 0 Å². The lowest BCUT2D eigenvalue weighted by Gasteiger charge is -2.36. The normalized spacial score (nSPS) is 24.8. The zero-order chi connectivity index (χ0) is 24.2.